The lowest BCUT2D eigenvalue weighted by Gasteiger charge is -2.46. The monoisotopic (exact) mass is 483 g/mol. The zero-order chi connectivity index (χ0) is 24.5. The van der Waals surface area contributed by atoms with Gasteiger partial charge in [0.15, 0.2) is 13.9 Å². The van der Waals surface area contributed by atoms with E-state index in [1.54, 1.807) is 26.2 Å². The fraction of sp³-hybridized carbons (Fsp3) is 0.652. The number of thioether (sulfide) groups is 1. The molecule has 1 saturated heterocycles. The van der Waals surface area contributed by atoms with Gasteiger partial charge in [0.1, 0.15) is 16.6 Å². The molecule has 32 heavy (non-hydrogen) atoms. The first-order chi connectivity index (χ1) is 14.7. The molecule has 9 heteroatoms. The molecule has 0 spiro atoms. The number of benzene rings is 1. The van der Waals surface area contributed by atoms with E-state index < -0.39 is 37.3 Å². The second kappa shape index (κ2) is 9.36. The van der Waals surface area contributed by atoms with E-state index in [4.69, 9.17) is 13.9 Å². The summed E-state index contributed by atoms with van der Waals surface area (Å²) in [6.45, 7) is 11.8. The van der Waals surface area contributed by atoms with E-state index in [9.17, 15) is 14.7 Å². The van der Waals surface area contributed by atoms with Gasteiger partial charge < -0.3 is 23.9 Å². The lowest BCUT2D eigenvalue weighted by molar-refractivity contribution is -0.165. The van der Waals surface area contributed by atoms with Crippen LogP contribution in [0.4, 0.5) is 0 Å². The Morgan fingerprint density at radius 2 is 1.78 bits per heavy atom. The SMILES string of the molecule is COC(=O)[C@@]1(CO)[C@@H](O[Si](C)(C)C(C)(C)C)[C@@](C)(SC)C(=O)N1Cc1ccc(OC)cc1. The molecule has 1 amide bonds. The van der Waals surface area contributed by atoms with Crippen LogP contribution in [0.1, 0.15) is 33.3 Å². The average molecular weight is 484 g/mol. The third-order valence-electron chi connectivity index (χ3n) is 7.01. The highest BCUT2D eigenvalue weighted by atomic mass is 32.2. The van der Waals surface area contributed by atoms with Crippen LogP contribution in [0.5, 0.6) is 5.75 Å². The van der Waals surface area contributed by atoms with E-state index in [-0.39, 0.29) is 17.5 Å². The van der Waals surface area contributed by atoms with E-state index in [0.717, 1.165) is 5.56 Å². The molecule has 180 valence electrons. The van der Waals surface area contributed by atoms with Gasteiger partial charge in [-0.05, 0) is 49.0 Å². The topological polar surface area (TPSA) is 85.3 Å². The van der Waals surface area contributed by atoms with Crippen LogP contribution < -0.4 is 4.74 Å². The molecule has 3 atom stereocenters. The van der Waals surface area contributed by atoms with Gasteiger partial charge in [-0.2, -0.15) is 0 Å². The normalized spacial score (nSPS) is 26.4. The summed E-state index contributed by atoms with van der Waals surface area (Å²) in [5.41, 5.74) is -0.851. The van der Waals surface area contributed by atoms with Gasteiger partial charge in [-0.15, -0.1) is 11.8 Å². The third kappa shape index (κ3) is 4.32. The summed E-state index contributed by atoms with van der Waals surface area (Å²) in [7, 11) is 0.425. The summed E-state index contributed by atoms with van der Waals surface area (Å²) in [5, 5.41) is 10.5. The minimum atomic E-state index is -2.43. The number of ether oxygens (including phenoxy) is 2. The first-order valence-corrected chi connectivity index (χ1v) is 14.8. The Morgan fingerprint density at radius 3 is 2.19 bits per heavy atom. The first-order valence-electron chi connectivity index (χ1n) is 10.6. The lowest BCUT2D eigenvalue weighted by atomic mass is 9.89. The number of carbonyl (C=O) groups excluding carboxylic acids is 2. The highest BCUT2D eigenvalue weighted by Crippen LogP contribution is 2.50. The van der Waals surface area contributed by atoms with Gasteiger partial charge in [0.05, 0.1) is 20.8 Å². The number of amides is 1. The predicted molar refractivity (Wildman–Crippen MR) is 129 cm³/mol. The number of nitrogens with zero attached hydrogens (tertiary/aromatic N) is 1. The Kier molecular flexibility index (Phi) is 7.81. The fourth-order valence-electron chi connectivity index (χ4n) is 3.79. The number of likely N-dealkylation sites (tertiary alicyclic amines) is 1. The van der Waals surface area contributed by atoms with Gasteiger partial charge in [-0.25, -0.2) is 4.79 Å². The first kappa shape index (κ1) is 26.7. The zero-order valence-corrected chi connectivity index (χ0v) is 22.5. The standard InChI is InChI=1S/C23H37NO6SSi/c1-21(2,3)32(8,9)30-18-22(4,31-7)19(26)24(23(18,15-25)20(27)29-6)14-16-10-12-17(28-5)13-11-16/h10-13,18,25H,14-15H2,1-9H3/t18-,22+,23+/m0/s1. The number of aliphatic hydroxyl groups excluding tert-OH is 1. The molecule has 1 aromatic carbocycles. The second-order valence-corrected chi connectivity index (χ2v) is 15.9. The number of methoxy groups -OCH3 is 2. The maximum atomic E-state index is 13.8. The highest BCUT2D eigenvalue weighted by Gasteiger charge is 2.70. The van der Waals surface area contributed by atoms with Gasteiger partial charge in [-0.1, -0.05) is 32.9 Å². The Bertz CT molecular complexity index is 840. The Balaban J connectivity index is 2.66. The molecule has 1 aliphatic rings. The highest BCUT2D eigenvalue weighted by molar-refractivity contribution is 8.00. The predicted octanol–water partition coefficient (Wildman–Crippen LogP) is 3.45. The fourth-order valence-corrected chi connectivity index (χ4v) is 5.99. The van der Waals surface area contributed by atoms with Gasteiger partial charge in [0.2, 0.25) is 5.91 Å². The Hall–Kier alpha value is -1.55. The van der Waals surface area contributed by atoms with Crippen molar-refractivity contribution < 1.29 is 28.6 Å². The molecule has 1 N–H and O–H groups in total. The summed E-state index contributed by atoms with van der Waals surface area (Å²) >= 11 is 1.34. The zero-order valence-electron chi connectivity index (χ0n) is 20.6. The van der Waals surface area contributed by atoms with Crippen LogP contribution in [0.2, 0.25) is 18.1 Å². The van der Waals surface area contributed by atoms with Crippen LogP contribution in [0.15, 0.2) is 24.3 Å². The van der Waals surface area contributed by atoms with E-state index >= 15 is 0 Å². The summed E-state index contributed by atoms with van der Waals surface area (Å²) in [5.74, 6) is -0.247. The van der Waals surface area contributed by atoms with Gasteiger partial charge in [0.25, 0.3) is 0 Å². The number of hydrogen-bond donors (Lipinski definition) is 1. The smallest absolute Gasteiger partial charge is 0.337 e. The minimum Gasteiger partial charge on any atom is -0.497 e. The molecule has 1 fully saturated rings. The van der Waals surface area contributed by atoms with Crippen LogP contribution in [0, 0.1) is 0 Å². The van der Waals surface area contributed by atoms with Crippen molar-refractivity contribution in [2.75, 3.05) is 27.1 Å². The van der Waals surface area contributed by atoms with Crippen LogP contribution in [-0.4, -0.2) is 73.7 Å². The van der Waals surface area contributed by atoms with Crippen LogP contribution in [0.25, 0.3) is 0 Å². The van der Waals surface area contributed by atoms with E-state index in [1.165, 1.54) is 23.8 Å². The number of hydrogen-bond acceptors (Lipinski definition) is 7. The van der Waals surface area contributed by atoms with Crippen molar-refractivity contribution in [3.63, 3.8) is 0 Å². The van der Waals surface area contributed by atoms with Crippen molar-refractivity contribution in [1.82, 2.24) is 4.90 Å². The molecule has 0 aromatic heterocycles. The maximum absolute atomic E-state index is 13.8. The van der Waals surface area contributed by atoms with Gasteiger partial charge in [0, 0.05) is 6.54 Å². The molecule has 0 aliphatic carbocycles. The molecular weight excluding hydrogens is 446 g/mol. The van der Waals surface area contributed by atoms with E-state index in [1.807, 2.05) is 18.4 Å². The molecule has 7 nitrogen and oxygen atoms in total. The van der Waals surface area contributed by atoms with Crippen LogP contribution in [0.3, 0.4) is 0 Å². The Morgan fingerprint density at radius 1 is 1.22 bits per heavy atom. The molecule has 0 radical (unpaired) electrons. The largest absolute Gasteiger partial charge is 0.497 e. The van der Waals surface area contributed by atoms with Crippen molar-refractivity contribution in [2.45, 2.75) is 68.8 Å². The van der Waals surface area contributed by atoms with Crippen LogP contribution in [-0.2, 0) is 25.3 Å². The minimum absolute atomic E-state index is 0.131. The summed E-state index contributed by atoms with van der Waals surface area (Å²) < 4.78 is 16.1. The van der Waals surface area contributed by atoms with Crippen molar-refractivity contribution in [2.24, 2.45) is 0 Å². The molecular formula is C23H37NO6SSi. The number of aliphatic hydroxyl groups is 1. The molecule has 0 unspecified atom stereocenters. The van der Waals surface area contributed by atoms with Crippen LogP contribution >= 0.6 is 11.8 Å². The second-order valence-electron chi connectivity index (χ2n) is 9.88. The maximum Gasteiger partial charge on any atom is 0.337 e. The van der Waals surface area contributed by atoms with E-state index in [2.05, 4.69) is 33.9 Å². The summed E-state index contributed by atoms with van der Waals surface area (Å²) in [4.78, 5) is 28.6. The lowest BCUT2D eigenvalue weighted by Crippen LogP contribution is -2.64. The number of esters is 1. The summed E-state index contributed by atoms with van der Waals surface area (Å²) in [6.07, 6.45) is 0.949. The van der Waals surface area contributed by atoms with Crippen molar-refractivity contribution in [3.05, 3.63) is 29.8 Å². The quantitative estimate of drug-likeness (QED) is 0.448. The molecule has 1 aliphatic heterocycles. The third-order valence-corrected chi connectivity index (χ3v) is 12.7. The molecule has 2 rings (SSSR count). The molecule has 0 bridgehead atoms. The summed E-state index contributed by atoms with van der Waals surface area (Å²) in [6, 6.07) is 7.27. The molecule has 1 aromatic rings. The van der Waals surface area contributed by atoms with Crippen molar-refractivity contribution in [3.8, 4) is 5.75 Å². The van der Waals surface area contributed by atoms with E-state index in [0.29, 0.717) is 5.75 Å². The average Bonchev–Trinajstić information content (AvgIpc) is 2.92. The molecule has 0 saturated carbocycles. The number of rotatable bonds is 8. The number of carbonyl (C=O) groups is 2. The molecule has 1 heterocycles. The Labute approximate surface area is 196 Å². The van der Waals surface area contributed by atoms with Crippen molar-refractivity contribution in [1.29, 1.82) is 0 Å². The van der Waals surface area contributed by atoms with Crippen molar-refractivity contribution >= 4 is 32.0 Å². The van der Waals surface area contributed by atoms with Gasteiger partial charge >= 0.3 is 5.97 Å². The van der Waals surface area contributed by atoms with Gasteiger partial charge in [-0.3, -0.25) is 4.79 Å².